The van der Waals surface area contributed by atoms with Crippen LogP contribution in [0, 0.1) is 17.6 Å². The lowest BCUT2D eigenvalue weighted by Gasteiger charge is -2.21. The molecule has 3 aromatic carbocycles. The summed E-state index contributed by atoms with van der Waals surface area (Å²) in [5.74, 6) is -3.62. The van der Waals surface area contributed by atoms with Crippen LogP contribution in [0.15, 0.2) is 42.5 Å². The first kappa shape index (κ1) is 26.1. The zero-order valence-corrected chi connectivity index (χ0v) is 21.5. The maximum absolute atomic E-state index is 15.7. The molecule has 206 valence electrons. The predicted octanol–water partition coefficient (Wildman–Crippen LogP) is 6.26. The topological polar surface area (TPSA) is 87.5 Å². The Hall–Kier alpha value is -4.12. The molecule has 1 unspecified atom stereocenters. The quantitative estimate of drug-likeness (QED) is 0.321. The Morgan fingerprint density at radius 2 is 1.82 bits per heavy atom. The molecule has 0 spiro atoms. The van der Waals surface area contributed by atoms with Crippen LogP contribution in [0.4, 0.5) is 27.6 Å². The van der Waals surface area contributed by atoms with Crippen molar-refractivity contribution in [2.24, 2.45) is 11.7 Å². The molecular formula is C28H20ClF5N4O2. The summed E-state index contributed by atoms with van der Waals surface area (Å²) in [6, 6.07) is 4.68. The number of halogens is 6. The minimum Gasteiger partial charge on any atom is -0.366 e. The van der Waals surface area contributed by atoms with Gasteiger partial charge in [-0.15, -0.1) is 0 Å². The molecule has 0 saturated heterocycles. The van der Waals surface area contributed by atoms with Crippen molar-refractivity contribution in [3.8, 4) is 11.1 Å². The van der Waals surface area contributed by atoms with E-state index in [1.54, 1.807) is 12.1 Å². The largest absolute Gasteiger partial charge is 0.416 e. The second-order valence-electron chi connectivity index (χ2n) is 10.0. The maximum Gasteiger partial charge on any atom is 0.416 e. The monoisotopic (exact) mass is 574 g/mol. The van der Waals surface area contributed by atoms with E-state index in [1.807, 2.05) is 6.08 Å². The first-order chi connectivity index (χ1) is 18.8. The van der Waals surface area contributed by atoms with Crippen LogP contribution >= 0.6 is 11.6 Å². The van der Waals surface area contributed by atoms with E-state index in [0.29, 0.717) is 28.9 Å². The number of nitrogens with zero attached hydrogens (tertiary/aromatic N) is 1. The van der Waals surface area contributed by atoms with E-state index in [1.165, 1.54) is 12.1 Å². The number of benzene rings is 3. The van der Waals surface area contributed by atoms with Crippen molar-refractivity contribution in [1.29, 1.82) is 0 Å². The van der Waals surface area contributed by atoms with Crippen LogP contribution in [0.2, 0.25) is 5.02 Å². The number of nitrogens with one attached hydrogen (secondary N) is 2. The van der Waals surface area contributed by atoms with Crippen LogP contribution in [-0.4, -0.2) is 23.9 Å². The number of fused-ring (bicyclic) bond motifs is 3. The summed E-state index contributed by atoms with van der Waals surface area (Å²) in [7, 11) is 1.72. The van der Waals surface area contributed by atoms with Crippen LogP contribution in [0.1, 0.15) is 61.9 Å². The van der Waals surface area contributed by atoms with Crippen molar-refractivity contribution in [3.63, 3.8) is 0 Å². The summed E-state index contributed by atoms with van der Waals surface area (Å²) < 4.78 is 70.7. The van der Waals surface area contributed by atoms with E-state index in [9.17, 15) is 27.2 Å². The number of rotatable bonds is 4. The van der Waals surface area contributed by atoms with Gasteiger partial charge in [0.2, 0.25) is 5.91 Å². The van der Waals surface area contributed by atoms with Gasteiger partial charge in [0, 0.05) is 34.3 Å². The normalized spacial score (nSPS) is 19.0. The van der Waals surface area contributed by atoms with Gasteiger partial charge in [-0.2, -0.15) is 13.2 Å². The summed E-state index contributed by atoms with van der Waals surface area (Å²) in [6.07, 6.45) is -1.04. The van der Waals surface area contributed by atoms with Gasteiger partial charge < -0.3 is 11.1 Å². The van der Waals surface area contributed by atoms with E-state index in [2.05, 4.69) is 10.7 Å². The second-order valence-corrected chi connectivity index (χ2v) is 10.4. The number of hydrazine groups is 1. The SMILES string of the molecule is CN1Nc2c(cc(-c3c(F)cc(C(F)(F)F)cc3C(N)=O)c3c2C(=O)NC3c2cc(F)ccc2Cl)C1=CC1CC1. The van der Waals surface area contributed by atoms with Gasteiger partial charge in [-0.1, -0.05) is 17.7 Å². The van der Waals surface area contributed by atoms with Crippen molar-refractivity contribution in [3.05, 3.63) is 92.5 Å². The summed E-state index contributed by atoms with van der Waals surface area (Å²) >= 11 is 6.38. The predicted molar refractivity (Wildman–Crippen MR) is 138 cm³/mol. The number of carbonyl (C=O) groups is 2. The van der Waals surface area contributed by atoms with Crippen LogP contribution in [0.25, 0.3) is 16.8 Å². The molecule has 0 radical (unpaired) electrons. The molecule has 40 heavy (non-hydrogen) atoms. The van der Waals surface area contributed by atoms with Crippen LogP contribution in [-0.2, 0) is 6.18 Å². The van der Waals surface area contributed by atoms with Crippen LogP contribution < -0.4 is 16.5 Å². The molecule has 1 aliphatic carbocycles. The number of hydrogen-bond donors (Lipinski definition) is 3. The van der Waals surface area contributed by atoms with Crippen molar-refractivity contribution < 1.29 is 31.5 Å². The molecule has 1 saturated carbocycles. The van der Waals surface area contributed by atoms with E-state index >= 15 is 4.39 Å². The van der Waals surface area contributed by atoms with Crippen molar-refractivity contribution in [2.45, 2.75) is 25.1 Å². The highest BCUT2D eigenvalue weighted by atomic mass is 35.5. The summed E-state index contributed by atoms with van der Waals surface area (Å²) in [4.78, 5) is 25.9. The molecule has 3 aromatic rings. The number of amides is 2. The number of allylic oxidation sites excluding steroid dienone is 1. The van der Waals surface area contributed by atoms with E-state index < -0.39 is 52.4 Å². The zero-order valence-electron chi connectivity index (χ0n) is 20.7. The molecule has 6 rings (SSSR count). The molecule has 2 heterocycles. The highest BCUT2D eigenvalue weighted by Gasteiger charge is 2.42. The van der Waals surface area contributed by atoms with Gasteiger partial charge in [0.25, 0.3) is 5.91 Å². The third kappa shape index (κ3) is 4.16. The highest BCUT2D eigenvalue weighted by molar-refractivity contribution is 6.31. The molecule has 1 fully saturated rings. The third-order valence-corrected chi connectivity index (χ3v) is 7.66. The lowest BCUT2D eigenvalue weighted by Crippen LogP contribution is -2.21. The number of nitrogens with two attached hydrogens (primary N) is 1. The number of alkyl halides is 3. The lowest BCUT2D eigenvalue weighted by molar-refractivity contribution is -0.137. The van der Waals surface area contributed by atoms with Gasteiger partial charge in [0.05, 0.1) is 34.1 Å². The number of anilines is 1. The number of carbonyl (C=O) groups excluding carboxylic acids is 2. The molecule has 0 bridgehead atoms. The van der Waals surface area contributed by atoms with Gasteiger partial charge in [-0.25, -0.2) is 8.78 Å². The third-order valence-electron chi connectivity index (χ3n) is 7.31. The van der Waals surface area contributed by atoms with Gasteiger partial charge in [-0.3, -0.25) is 20.0 Å². The molecule has 1 atom stereocenters. The Morgan fingerprint density at radius 1 is 1.10 bits per heavy atom. The molecule has 2 amide bonds. The molecule has 2 aliphatic heterocycles. The average molecular weight is 575 g/mol. The van der Waals surface area contributed by atoms with Crippen molar-refractivity contribution in [1.82, 2.24) is 10.3 Å². The molecule has 12 heteroatoms. The molecular weight excluding hydrogens is 555 g/mol. The van der Waals surface area contributed by atoms with Gasteiger partial charge in [0.15, 0.2) is 0 Å². The zero-order chi connectivity index (χ0) is 28.7. The molecule has 6 nitrogen and oxygen atoms in total. The minimum absolute atomic E-state index is 0.0451. The Labute approximate surface area is 229 Å². The summed E-state index contributed by atoms with van der Waals surface area (Å²) in [5, 5.41) is 4.52. The van der Waals surface area contributed by atoms with E-state index in [4.69, 9.17) is 17.3 Å². The summed E-state index contributed by atoms with van der Waals surface area (Å²) in [5.41, 5.74) is 7.81. The van der Waals surface area contributed by atoms with E-state index in [0.717, 1.165) is 25.0 Å². The van der Waals surface area contributed by atoms with Crippen molar-refractivity contribution in [2.75, 3.05) is 12.5 Å². The Morgan fingerprint density at radius 3 is 2.48 bits per heavy atom. The molecule has 3 aliphatic rings. The van der Waals surface area contributed by atoms with E-state index in [-0.39, 0.29) is 33.3 Å². The van der Waals surface area contributed by atoms with Gasteiger partial charge >= 0.3 is 6.18 Å². The molecule has 4 N–H and O–H groups in total. The number of hydrogen-bond acceptors (Lipinski definition) is 4. The first-order valence-corrected chi connectivity index (χ1v) is 12.6. The maximum atomic E-state index is 15.7. The average Bonchev–Trinajstić information content (AvgIpc) is 3.56. The summed E-state index contributed by atoms with van der Waals surface area (Å²) in [6.45, 7) is 0. The lowest BCUT2D eigenvalue weighted by atomic mass is 9.84. The van der Waals surface area contributed by atoms with Crippen molar-refractivity contribution >= 4 is 34.8 Å². The first-order valence-electron chi connectivity index (χ1n) is 12.2. The highest BCUT2D eigenvalue weighted by Crippen LogP contribution is 2.51. The fraction of sp³-hybridized carbons (Fsp3) is 0.214. The van der Waals surface area contributed by atoms with Gasteiger partial charge in [-0.05, 0) is 60.7 Å². The Balaban J connectivity index is 1.71. The van der Waals surface area contributed by atoms with Crippen LogP contribution in [0.3, 0.4) is 0 Å². The number of primary amides is 1. The fourth-order valence-electron chi connectivity index (χ4n) is 5.34. The Kier molecular flexibility index (Phi) is 5.85. The van der Waals surface area contributed by atoms with Gasteiger partial charge in [0.1, 0.15) is 11.6 Å². The molecule has 0 aromatic heterocycles. The van der Waals surface area contributed by atoms with Crippen LogP contribution in [0.5, 0.6) is 0 Å². The fourth-order valence-corrected chi connectivity index (χ4v) is 5.56. The standard InChI is InChI=1S/C28H20ClF5N4O2/c1-38-20(6-11-2-3-11)15-10-16(21-17(26(35)39)7-12(8-19(21)31)28(32,33)34)22-23(25(15)37-38)27(40)36-24(22)14-9-13(30)4-5-18(14)29/h4-11,24,37H,2-3H2,1H3,(H2,35,39)(H,36,40). The second kappa shape index (κ2) is 8.95. The minimum atomic E-state index is -4.95. The Bertz CT molecular complexity index is 1670. The smallest absolute Gasteiger partial charge is 0.366 e.